The van der Waals surface area contributed by atoms with Crippen molar-refractivity contribution in [1.82, 2.24) is 4.57 Å². The number of ether oxygens (including phenoxy) is 1. The molecule has 0 radical (unpaired) electrons. The number of carbonyl (C=O) groups excluding carboxylic acids is 1. The van der Waals surface area contributed by atoms with E-state index >= 15 is 0 Å². The number of fused-ring (bicyclic) bond motifs is 1. The molecular weight excluding hydrogens is 334 g/mol. The molecule has 0 aliphatic heterocycles. The second-order valence-electron chi connectivity index (χ2n) is 5.15. The minimum Gasteiger partial charge on any atom is -0.506 e. The normalized spacial score (nSPS) is 11.8. The van der Waals surface area contributed by atoms with Crippen LogP contribution >= 0.6 is 27.5 Å². The minimum absolute atomic E-state index is 0.00164. The fraction of sp³-hybridized carbons (Fsp3) is 0.308. The van der Waals surface area contributed by atoms with Crippen molar-refractivity contribution in [2.24, 2.45) is 0 Å². The van der Waals surface area contributed by atoms with E-state index in [2.05, 4.69) is 15.9 Å². The second-order valence-corrected chi connectivity index (χ2v) is 6.41. The molecule has 4 nitrogen and oxygen atoms in total. The van der Waals surface area contributed by atoms with Gasteiger partial charge in [-0.05, 0) is 48.8 Å². The van der Waals surface area contributed by atoms with E-state index in [1.807, 2.05) is 0 Å². The van der Waals surface area contributed by atoms with Crippen LogP contribution < -0.4 is 0 Å². The zero-order chi connectivity index (χ0) is 14.4. The molecule has 0 saturated heterocycles. The molecule has 6 heteroatoms. The lowest BCUT2D eigenvalue weighted by Crippen LogP contribution is -2.26. The summed E-state index contributed by atoms with van der Waals surface area (Å²) in [5.74, 6) is -0.00164. The Morgan fingerprint density at radius 1 is 1.42 bits per heavy atom. The van der Waals surface area contributed by atoms with Gasteiger partial charge in [-0.25, -0.2) is 9.36 Å². The first kappa shape index (κ1) is 14.2. The summed E-state index contributed by atoms with van der Waals surface area (Å²) in [6, 6.07) is 3.26. The molecule has 0 aliphatic rings. The highest BCUT2D eigenvalue weighted by molar-refractivity contribution is 9.10. The van der Waals surface area contributed by atoms with E-state index in [1.54, 1.807) is 32.9 Å². The van der Waals surface area contributed by atoms with Gasteiger partial charge >= 0.3 is 6.09 Å². The molecule has 0 spiro atoms. The zero-order valence-corrected chi connectivity index (χ0v) is 13.0. The average molecular weight is 347 g/mol. The molecule has 0 aliphatic carbocycles. The molecule has 102 valence electrons. The Labute approximate surface area is 124 Å². The maximum atomic E-state index is 12.1. The molecule has 1 heterocycles. The fourth-order valence-electron chi connectivity index (χ4n) is 1.66. The van der Waals surface area contributed by atoms with Gasteiger partial charge in [0, 0.05) is 9.86 Å². The number of hydrogen-bond acceptors (Lipinski definition) is 3. The van der Waals surface area contributed by atoms with Crippen molar-refractivity contribution in [2.45, 2.75) is 26.4 Å². The number of hydrogen-bond donors (Lipinski definition) is 1. The summed E-state index contributed by atoms with van der Waals surface area (Å²) in [6.45, 7) is 5.33. The molecule has 0 atom stereocenters. The maximum Gasteiger partial charge on any atom is 0.419 e. The van der Waals surface area contributed by atoms with Gasteiger partial charge in [-0.3, -0.25) is 0 Å². The van der Waals surface area contributed by atoms with Crippen molar-refractivity contribution in [3.8, 4) is 5.75 Å². The molecule has 0 saturated carbocycles. The molecule has 2 rings (SSSR count). The molecule has 0 fully saturated rings. The first-order valence-electron chi connectivity index (χ1n) is 5.61. The summed E-state index contributed by atoms with van der Waals surface area (Å²) >= 11 is 9.29. The first-order chi connectivity index (χ1) is 8.69. The second kappa shape index (κ2) is 4.72. The molecule has 0 bridgehead atoms. The zero-order valence-electron chi connectivity index (χ0n) is 10.7. The maximum absolute atomic E-state index is 12.1. The van der Waals surface area contributed by atoms with Crippen molar-refractivity contribution in [1.29, 1.82) is 0 Å². The van der Waals surface area contributed by atoms with Crippen molar-refractivity contribution >= 4 is 44.5 Å². The summed E-state index contributed by atoms with van der Waals surface area (Å²) in [5, 5.41) is 10.8. The van der Waals surface area contributed by atoms with Crippen LogP contribution in [0.2, 0.25) is 5.02 Å². The lowest BCUT2D eigenvalue weighted by atomic mass is 10.2. The van der Waals surface area contributed by atoms with Crippen molar-refractivity contribution in [3.63, 3.8) is 0 Å². The number of carbonyl (C=O) groups is 1. The summed E-state index contributed by atoms with van der Waals surface area (Å²) < 4.78 is 7.17. The van der Waals surface area contributed by atoms with E-state index < -0.39 is 11.7 Å². The Morgan fingerprint density at radius 3 is 2.63 bits per heavy atom. The summed E-state index contributed by atoms with van der Waals surface area (Å²) in [6.07, 6.45) is 0.762. The van der Waals surface area contributed by atoms with E-state index in [-0.39, 0.29) is 5.75 Å². The number of rotatable bonds is 0. The summed E-state index contributed by atoms with van der Waals surface area (Å²) in [5.41, 5.74) is -0.109. The Balaban J connectivity index is 2.56. The van der Waals surface area contributed by atoms with Crippen LogP contribution in [-0.2, 0) is 4.74 Å². The van der Waals surface area contributed by atoms with Crippen LogP contribution in [0.5, 0.6) is 5.75 Å². The highest BCUT2D eigenvalue weighted by Crippen LogP contribution is 2.34. The Bertz CT molecular complexity index is 658. The Kier molecular flexibility index (Phi) is 3.53. The van der Waals surface area contributed by atoms with Gasteiger partial charge in [0.05, 0.1) is 16.7 Å². The number of nitrogens with zero attached hydrogens (tertiary/aromatic N) is 1. The van der Waals surface area contributed by atoms with Crippen LogP contribution in [0.3, 0.4) is 0 Å². The summed E-state index contributed by atoms with van der Waals surface area (Å²) in [7, 11) is 0. The van der Waals surface area contributed by atoms with Gasteiger partial charge in [0.15, 0.2) is 0 Å². The van der Waals surface area contributed by atoms with Crippen molar-refractivity contribution in [3.05, 3.63) is 27.8 Å². The standard InChI is InChI=1S/C13H13BrClNO3/c1-13(2,3)19-12(18)16-6-11(17)7-4-8(14)9(15)5-10(7)16/h4-6,17H,1-3H3. The fourth-order valence-corrected chi connectivity index (χ4v) is 2.17. The SMILES string of the molecule is CC(C)(C)OC(=O)n1cc(O)c2cc(Br)c(Cl)cc21. The molecule has 2 aromatic rings. The smallest absolute Gasteiger partial charge is 0.419 e. The van der Waals surface area contributed by atoms with E-state index in [4.69, 9.17) is 16.3 Å². The number of aromatic nitrogens is 1. The number of halogens is 2. The monoisotopic (exact) mass is 345 g/mol. The lowest BCUT2D eigenvalue weighted by molar-refractivity contribution is 0.0543. The lowest BCUT2D eigenvalue weighted by Gasteiger charge is -2.19. The highest BCUT2D eigenvalue weighted by atomic mass is 79.9. The Morgan fingerprint density at radius 2 is 2.05 bits per heavy atom. The molecule has 19 heavy (non-hydrogen) atoms. The van der Waals surface area contributed by atoms with Gasteiger partial charge in [-0.1, -0.05) is 11.6 Å². The Hall–Kier alpha value is -1.20. The molecule has 1 aromatic carbocycles. The van der Waals surface area contributed by atoms with Gasteiger partial charge < -0.3 is 9.84 Å². The quantitative estimate of drug-likeness (QED) is 0.761. The molecule has 1 N–H and O–H groups in total. The number of aromatic hydroxyl groups is 1. The third-order valence-electron chi connectivity index (χ3n) is 2.42. The van der Waals surface area contributed by atoms with E-state index in [1.165, 1.54) is 10.8 Å². The predicted octanol–water partition coefficient (Wildman–Crippen LogP) is 4.55. The van der Waals surface area contributed by atoms with Crippen molar-refractivity contribution < 1.29 is 14.6 Å². The average Bonchev–Trinajstić information content (AvgIpc) is 2.55. The van der Waals surface area contributed by atoms with Crippen LogP contribution in [0.1, 0.15) is 20.8 Å². The third-order valence-corrected chi connectivity index (χ3v) is 3.61. The summed E-state index contributed by atoms with van der Waals surface area (Å²) in [4.78, 5) is 12.1. The van der Waals surface area contributed by atoms with Gasteiger partial charge in [0.25, 0.3) is 0 Å². The molecule has 0 unspecified atom stereocenters. The highest BCUT2D eigenvalue weighted by Gasteiger charge is 2.21. The van der Waals surface area contributed by atoms with Gasteiger partial charge in [0.2, 0.25) is 0 Å². The predicted molar refractivity (Wildman–Crippen MR) is 77.9 cm³/mol. The van der Waals surface area contributed by atoms with Gasteiger partial charge in [0.1, 0.15) is 11.4 Å². The molecular formula is C13H13BrClNO3. The molecule has 0 amide bonds. The largest absolute Gasteiger partial charge is 0.506 e. The first-order valence-corrected chi connectivity index (χ1v) is 6.78. The van der Waals surface area contributed by atoms with Crippen LogP contribution in [0.25, 0.3) is 10.9 Å². The minimum atomic E-state index is -0.609. The van der Waals surface area contributed by atoms with E-state index in [0.29, 0.717) is 20.4 Å². The third kappa shape index (κ3) is 2.87. The van der Waals surface area contributed by atoms with Crippen LogP contribution in [-0.4, -0.2) is 21.4 Å². The number of benzene rings is 1. The van der Waals surface area contributed by atoms with Crippen molar-refractivity contribution in [2.75, 3.05) is 0 Å². The molecule has 1 aromatic heterocycles. The van der Waals surface area contributed by atoms with Gasteiger partial charge in [-0.2, -0.15) is 0 Å². The van der Waals surface area contributed by atoms with E-state index in [0.717, 1.165) is 0 Å². The van der Waals surface area contributed by atoms with Crippen LogP contribution in [0.15, 0.2) is 22.8 Å². The topological polar surface area (TPSA) is 51.5 Å². The van der Waals surface area contributed by atoms with E-state index in [9.17, 15) is 9.90 Å². The van der Waals surface area contributed by atoms with Crippen LogP contribution in [0, 0.1) is 0 Å². The van der Waals surface area contributed by atoms with Crippen LogP contribution in [0.4, 0.5) is 4.79 Å². The van der Waals surface area contributed by atoms with Gasteiger partial charge in [-0.15, -0.1) is 0 Å².